The topological polar surface area (TPSA) is 107 Å². The Labute approximate surface area is 271 Å². The standard InChI is InChI=1S/C35H36O9.C2H6/c1-5-32(36)42-23-20-39-29-14-8-26(9-15-29)35(4,27-10-16-30(17-11-27)40-21-24-43-33(37)6-2)28-12-18-31(19-13-28)41-22-25-44-34(38)7-3;1-2/h5-19H,1-3,20-25H2,4H3;1-2H3. The number of esters is 3. The Kier molecular flexibility index (Phi) is 15.9. The van der Waals surface area contributed by atoms with Gasteiger partial charge in [-0.25, -0.2) is 14.4 Å². The van der Waals surface area contributed by atoms with Gasteiger partial charge in [0.25, 0.3) is 0 Å². The van der Waals surface area contributed by atoms with Crippen molar-refractivity contribution in [2.24, 2.45) is 0 Å². The summed E-state index contributed by atoms with van der Waals surface area (Å²) in [5.74, 6) is 0.395. The molecule has 0 saturated carbocycles. The number of benzene rings is 3. The van der Waals surface area contributed by atoms with E-state index in [0.29, 0.717) is 17.2 Å². The van der Waals surface area contributed by atoms with Crippen LogP contribution in [0, 0.1) is 0 Å². The van der Waals surface area contributed by atoms with Gasteiger partial charge in [-0.15, -0.1) is 0 Å². The van der Waals surface area contributed by atoms with Crippen LogP contribution in [0.3, 0.4) is 0 Å². The first-order chi connectivity index (χ1) is 22.3. The van der Waals surface area contributed by atoms with E-state index < -0.39 is 23.3 Å². The molecule has 9 nitrogen and oxygen atoms in total. The summed E-state index contributed by atoms with van der Waals surface area (Å²) in [5, 5.41) is 0. The zero-order valence-corrected chi connectivity index (χ0v) is 26.7. The molecule has 0 N–H and O–H groups in total. The highest BCUT2D eigenvalue weighted by Crippen LogP contribution is 2.40. The van der Waals surface area contributed by atoms with Crippen LogP contribution in [-0.2, 0) is 34.0 Å². The summed E-state index contributed by atoms with van der Waals surface area (Å²) in [4.78, 5) is 33.7. The van der Waals surface area contributed by atoms with E-state index in [1.165, 1.54) is 0 Å². The molecule has 3 rings (SSSR count). The molecule has 3 aromatic carbocycles. The first-order valence-electron chi connectivity index (χ1n) is 14.9. The third-order valence-electron chi connectivity index (χ3n) is 6.58. The molecule has 0 unspecified atom stereocenters. The predicted octanol–water partition coefficient (Wildman–Crippen LogP) is 6.39. The Morgan fingerprint density at radius 1 is 0.500 bits per heavy atom. The second-order valence-electron chi connectivity index (χ2n) is 9.36. The average molecular weight is 631 g/mol. The van der Waals surface area contributed by atoms with Gasteiger partial charge in [-0.3, -0.25) is 0 Å². The Morgan fingerprint density at radius 3 is 0.957 bits per heavy atom. The molecule has 0 aliphatic heterocycles. The lowest BCUT2D eigenvalue weighted by Gasteiger charge is -2.32. The quantitative estimate of drug-likeness (QED) is 0.0520. The number of hydrogen-bond acceptors (Lipinski definition) is 9. The SMILES string of the molecule is C=CC(=O)OCCOc1ccc(C(C)(c2ccc(OCCOC(=O)C=C)cc2)c2ccc(OCCOC(=O)C=C)cc2)cc1.CC. The minimum Gasteiger partial charge on any atom is -0.490 e. The van der Waals surface area contributed by atoms with Gasteiger partial charge in [0.2, 0.25) is 0 Å². The zero-order chi connectivity index (χ0) is 33.8. The van der Waals surface area contributed by atoms with E-state index in [2.05, 4.69) is 26.7 Å². The summed E-state index contributed by atoms with van der Waals surface area (Å²) in [5.41, 5.74) is 2.41. The van der Waals surface area contributed by atoms with Crippen LogP contribution in [0.25, 0.3) is 0 Å². The average Bonchev–Trinajstić information content (AvgIpc) is 3.11. The minimum atomic E-state index is -0.589. The molecule has 0 aromatic heterocycles. The number of carbonyl (C=O) groups excluding carboxylic acids is 3. The fourth-order valence-electron chi connectivity index (χ4n) is 4.24. The second kappa shape index (κ2) is 19.9. The maximum Gasteiger partial charge on any atom is 0.330 e. The van der Waals surface area contributed by atoms with Gasteiger partial charge >= 0.3 is 17.9 Å². The molecule has 0 aliphatic rings. The monoisotopic (exact) mass is 630 g/mol. The predicted molar refractivity (Wildman–Crippen MR) is 176 cm³/mol. The molecule has 0 spiro atoms. The number of rotatable bonds is 18. The van der Waals surface area contributed by atoms with E-state index in [1.807, 2.05) is 86.6 Å². The Hall–Kier alpha value is -5.31. The number of carbonyl (C=O) groups is 3. The first-order valence-corrected chi connectivity index (χ1v) is 14.9. The molecule has 9 heteroatoms. The van der Waals surface area contributed by atoms with Crippen molar-refractivity contribution in [1.82, 2.24) is 0 Å². The van der Waals surface area contributed by atoms with E-state index in [9.17, 15) is 14.4 Å². The molecule has 0 aliphatic carbocycles. The summed E-state index contributed by atoms with van der Waals surface area (Å²) in [6.07, 6.45) is 3.32. The molecule has 0 amide bonds. The smallest absolute Gasteiger partial charge is 0.330 e. The molecule has 0 saturated heterocycles. The normalized spacial score (nSPS) is 10.2. The van der Waals surface area contributed by atoms with Gasteiger partial charge in [0.15, 0.2) is 0 Å². The van der Waals surface area contributed by atoms with E-state index >= 15 is 0 Å². The number of ether oxygens (including phenoxy) is 6. The lowest BCUT2D eigenvalue weighted by atomic mass is 9.71. The highest BCUT2D eigenvalue weighted by molar-refractivity contribution is 5.81. The van der Waals surface area contributed by atoms with Gasteiger partial charge in [-0.05, 0) is 60.0 Å². The Morgan fingerprint density at radius 2 is 0.739 bits per heavy atom. The van der Waals surface area contributed by atoms with E-state index in [-0.39, 0.29) is 39.6 Å². The summed E-state index contributed by atoms with van der Waals surface area (Å²) >= 11 is 0. The van der Waals surface area contributed by atoms with Crippen LogP contribution in [-0.4, -0.2) is 57.5 Å². The molecule has 46 heavy (non-hydrogen) atoms. The van der Waals surface area contributed by atoms with Crippen LogP contribution in [0.2, 0.25) is 0 Å². The van der Waals surface area contributed by atoms with Crippen molar-refractivity contribution in [3.8, 4) is 17.2 Å². The zero-order valence-electron chi connectivity index (χ0n) is 26.7. The van der Waals surface area contributed by atoms with Crippen molar-refractivity contribution in [3.63, 3.8) is 0 Å². The second-order valence-corrected chi connectivity index (χ2v) is 9.36. The number of hydrogen-bond donors (Lipinski definition) is 0. The van der Waals surface area contributed by atoms with Crippen LogP contribution >= 0.6 is 0 Å². The highest BCUT2D eigenvalue weighted by atomic mass is 16.6. The van der Waals surface area contributed by atoms with E-state index in [4.69, 9.17) is 28.4 Å². The van der Waals surface area contributed by atoms with Gasteiger partial charge in [0, 0.05) is 23.6 Å². The molecular weight excluding hydrogens is 588 g/mol. The summed E-state index contributed by atoms with van der Waals surface area (Å²) < 4.78 is 32.1. The molecule has 0 fully saturated rings. The van der Waals surface area contributed by atoms with Crippen molar-refractivity contribution in [2.75, 3.05) is 39.6 Å². The van der Waals surface area contributed by atoms with Crippen LogP contribution < -0.4 is 14.2 Å². The Bertz CT molecular complexity index is 1240. The van der Waals surface area contributed by atoms with Crippen LogP contribution in [0.1, 0.15) is 37.5 Å². The fraction of sp³-hybridized carbons (Fsp3) is 0.270. The first kappa shape index (κ1) is 36.9. The highest BCUT2D eigenvalue weighted by Gasteiger charge is 2.31. The van der Waals surface area contributed by atoms with Crippen molar-refractivity contribution < 1.29 is 42.8 Å². The Balaban J connectivity index is 0.00000361. The van der Waals surface area contributed by atoms with Crippen molar-refractivity contribution >= 4 is 17.9 Å². The largest absolute Gasteiger partial charge is 0.490 e. The molecule has 0 atom stereocenters. The minimum absolute atomic E-state index is 0.112. The van der Waals surface area contributed by atoms with Crippen LogP contribution in [0.5, 0.6) is 17.2 Å². The van der Waals surface area contributed by atoms with Crippen molar-refractivity contribution in [2.45, 2.75) is 26.2 Å². The molecule has 0 heterocycles. The third kappa shape index (κ3) is 11.3. The summed E-state index contributed by atoms with van der Waals surface area (Å²) in [6.45, 7) is 17.2. The lowest BCUT2D eigenvalue weighted by Crippen LogP contribution is -2.25. The van der Waals surface area contributed by atoms with Gasteiger partial charge in [0.1, 0.15) is 56.9 Å². The van der Waals surface area contributed by atoms with Crippen LogP contribution in [0.15, 0.2) is 111 Å². The molecule has 0 bridgehead atoms. The fourth-order valence-corrected chi connectivity index (χ4v) is 4.24. The lowest BCUT2D eigenvalue weighted by molar-refractivity contribution is -0.139. The molecule has 0 radical (unpaired) electrons. The van der Waals surface area contributed by atoms with Crippen molar-refractivity contribution in [1.29, 1.82) is 0 Å². The van der Waals surface area contributed by atoms with E-state index in [1.54, 1.807) is 0 Å². The van der Waals surface area contributed by atoms with Gasteiger partial charge < -0.3 is 28.4 Å². The van der Waals surface area contributed by atoms with Gasteiger partial charge in [-0.1, -0.05) is 70.0 Å². The molecular formula is C37H42O9. The van der Waals surface area contributed by atoms with Crippen molar-refractivity contribution in [3.05, 3.63) is 127 Å². The summed E-state index contributed by atoms with van der Waals surface area (Å²) in [6, 6.07) is 23.1. The molecule has 3 aromatic rings. The maximum atomic E-state index is 11.2. The summed E-state index contributed by atoms with van der Waals surface area (Å²) in [7, 11) is 0. The van der Waals surface area contributed by atoms with Gasteiger partial charge in [-0.2, -0.15) is 0 Å². The molecule has 244 valence electrons. The van der Waals surface area contributed by atoms with Gasteiger partial charge in [0.05, 0.1) is 0 Å². The third-order valence-corrected chi connectivity index (χ3v) is 6.58. The maximum absolute atomic E-state index is 11.2. The van der Waals surface area contributed by atoms with Crippen LogP contribution in [0.4, 0.5) is 0 Å². The van der Waals surface area contributed by atoms with E-state index in [0.717, 1.165) is 34.9 Å².